The summed E-state index contributed by atoms with van der Waals surface area (Å²) < 4.78 is 6.09. The molecule has 2 aliphatic rings. The van der Waals surface area contributed by atoms with Crippen LogP contribution < -0.4 is 15.5 Å². The van der Waals surface area contributed by atoms with E-state index in [9.17, 15) is 9.59 Å². The molecule has 0 saturated carbocycles. The highest BCUT2D eigenvalue weighted by Gasteiger charge is 2.43. The number of nitrogens with zero attached hydrogens (tertiary/aromatic N) is 1. The zero-order valence-electron chi connectivity index (χ0n) is 19.7. The predicted molar refractivity (Wildman–Crippen MR) is 134 cm³/mol. The summed E-state index contributed by atoms with van der Waals surface area (Å²) in [6, 6.07) is 20.6. The molecular weight excluding hydrogens is 426 g/mol. The third-order valence-electron chi connectivity index (χ3n) is 6.41. The largest absolute Gasteiger partial charge is 0.464 e. The van der Waals surface area contributed by atoms with Gasteiger partial charge in [-0.2, -0.15) is 0 Å². The van der Waals surface area contributed by atoms with E-state index in [1.165, 1.54) is 0 Å². The summed E-state index contributed by atoms with van der Waals surface area (Å²) in [7, 11) is 0. The molecular formula is C28H29N3O3. The summed E-state index contributed by atoms with van der Waals surface area (Å²) in [6.07, 6.45) is 1.19. The monoisotopic (exact) mass is 455 g/mol. The van der Waals surface area contributed by atoms with Gasteiger partial charge >= 0.3 is 0 Å². The molecule has 2 heterocycles. The van der Waals surface area contributed by atoms with Gasteiger partial charge in [-0.3, -0.25) is 9.59 Å². The lowest BCUT2D eigenvalue weighted by molar-refractivity contribution is -0.119. The lowest BCUT2D eigenvalue weighted by atomic mass is 9.74. The number of carbonyl (C=O) groups excluding carboxylic acids is 2. The van der Waals surface area contributed by atoms with Crippen molar-refractivity contribution in [3.8, 4) is 0 Å². The molecule has 1 aliphatic heterocycles. The number of fused-ring (bicyclic) bond motifs is 1. The molecule has 1 aromatic heterocycles. The molecule has 5 rings (SSSR count). The number of rotatable bonds is 4. The van der Waals surface area contributed by atoms with Crippen molar-refractivity contribution in [3.05, 3.63) is 89.5 Å². The number of hydrogen-bond donors (Lipinski definition) is 2. The Kier molecular flexibility index (Phi) is 5.52. The van der Waals surface area contributed by atoms with Crippen LogP contribution in [0.4, 0.5) is 17.1 Å². The fourth-order valence-corrected chi connectivity index (χ4v) is 5.00. The van der Waals surface area contributed by atoms with Crippen molar-refractivity contribution in [2.24, 2.45) is 5.41 Å². The quantitative estimate of drug-likeness (QED) is 0.517. The van der Waals surface area contributed by atoms with E-state index in [-0.39, 0.29) is 23.7 Å². The van der Waals surface area contributed by atoms with E-state index < -0.39 is 6.04 Å². The van der Waals surface area contributed by atoms with Crippen LogP contribution in [-0.2, 0) is 9.59 Å². The zero-order valence-corrected chi connectivity index (χ0v) is 19.7. The first-order valence-corrected chi connectivity index (χ1v) is 11.6. The van der Waals surface area contributed by atoms with Crippen LogP contribution >= 0.6 is 0 Å². The molecule has 3 aromatic rings. The van der Waals surface area contributed by atoms with E-state index in [0.29, 0.717) is 17.8 Å². The van der Waals surface area contributed by atoms with Crippen molar-refractivity contribution in [1.29, 1.82) is 0 Å². The third-order valence-corrected chi connectivity index (χ3v) is 6.41. The van der Waals surface area contributed by atoms with Gasteiger partial charge in [0.25, 0.3) is 0 Å². The Bertz CT molecular complexity index is 1270. The van der Waals surface area contributed by atoms with Crippen LogP contribution in [-0.4, -0.2) is 18.2 Å². The van der Waals surface area contributed by atoms with E-state index in [2.05, 4.69) is 24.5 Å². The Morgan fingerprint density at radius 3 is 2.53 bits per heavy atom. The Morgan fingerprint density at radius 1 is 1.06 bits per heavy atom. The molecule has 1 atom stereocenters. The van der Waals surface area contributed by atoms with Crippen LogP contribution in [0.3, 0.4) is 0 Å². The standard InChI is InChI=1S/C28H29N3O3/c1-18-13-14-24(34-18)27-26-21(15-28(2,3)16-23(26)32)30-20-11-7-8-12-22(20)31(27)17-25(33)29-19-9-5-4-6-10-19/h4-14,27,30H,15-17H2,1-3H3,(H,29,33)/t27-/m1/s1. The molecule has 6 nitrogen and oxygen atoms in total. The van der Waals surface area contributed by atoms with Gasteiger partial charge in [0.1, 0.15) is 17.6 Å². The molecule has 0 radical (unpaired) electrons. The molecule has 0 bridgehead atoms. The number of benzene rings is 2. The van der Waals surface area contributed by atoms with Crippen LogP contribution in [0.15, 0.2) is 82.4 Å². The van der Waals surface area contributed by atoms with Gasteiger partial charge in [-0.05, 0) is 55.2 Å². The van der Waals surface area contributed by atoms with Crippen LogP contribution in [0.25, 0.3) is 0 Å². The summed E-state index contributed by atoms with van der Waals surface area (Å²) in [5.41, 5.74) is 3.88. The molecule has 2 aromatic carbocycles. The number of ketones is 1. The molecule has 0 saturated heterocycles. The number of aryl methyl sites for hydroxylation is 1. The smallest absolute Gasteiger partial charge is 0.243 e. The van der Waals surface area contributed by atoms with Crippen molar-refractivity contribution < 1.29 is 14.0 Å². The topological polar surface area (TPSA) is 74.6 Å². The van der Waals surface area contributed by atoms with Gasteiger partial charge in [0.05, 0.1) is 17.9 Å². The average molecular weight is 456 g/mol. The molecule has 174 valence electrons. The normalized spacial score (nSPS) is 19.1. The summed E-state index contributed by atoms with van der Waals surface area (Å²) in [4.78, 5) is 28.8. The second-order valence-electron chi connectivity index (χ2n) is 9.87. The number of allylic oxidation sites excluding steroid dienone is 1. The van der Waals surface area contributed by atoms with E-state index in [1.54, 1.807) is 0 Å². The number of nitrogens with one attached hydrogen (secondary N) is 2. The van der Waals surface area contributed by atoms with E-state index in [4.69, 9.17) is 4.42 Å². The fraction of sp³-hybridized carbons (Fsp3) is 0.286. The van der Waals surface area contributed by atoms with E-state index >= 15 is 0 Å². The number of carbonyl (C=O) groups is 2. The van der Waals surface area contributed by atoms with E-state index in [0.717, 1.165) is 34.9 Å². The van der Waals surface area contributed by atoms with Gasteiger partial charge in [0, 0.05) is 23.4 Å². The van der Waals surface area contributed by atoms with Gasteiger partial charge < -0.3 is 20.0 Å². The molecule has 1 amide bonds. The zero-order chi connectivity index (χ0) is 23.9. The Hall–Kier alpha value is -3.80. The third kappa shape index (κ3) is 4.23. The van der Waals surface area contributed by atoms with Gasteiger partial charge in [-0.25, -0.2) is 0 Å². The molecule has 6 heteroatoms. The highest BCUT2D eigenvalue weighted by molar-refractivity contribution is 6.02. The van der Waals surface area contributed by atoms with Crippen LogP contribution in [0.2, 0.25) is 0 Å². The molecule has 0 fully saturated rings. The number of furan rings is 1. The van der Waals surface area contributed by atoms with Crippen molar-refractivity contribution in [1.82, 2.24) is 0 Å². The Balaban J connectivity index is 1.63. The maximum atomic E-state index is 13.6. The maximum absolute atomic E-state index is 13.6. The van der Waals surface area contributed by atoms with E-state index in [1.807, 2.05) is 78.6 Å². The van der Waals surface area contributed by atoms with Crippen molar-refractivity contribution in [3.63, 3.8) is 0 Å². The molecule has 0 spiro atoms. The number of amides is 1. The van der Waals surface area contributed by atoms with Gasteiger partial charge in [-0.1, -0.05) is 44.2 Å². The van der Waals surface area contributed by atoms with Crippen LogP contribution in [0, 0.1) is 12.3 Å². The summed E-state index contributed by atoms with van der Waals surface area (Å²) in [6.45, 7) is 6.18. The summed E-state index contributed by atoms with van der Waals surface area (Å²) >= 11 is 0. The first-order chi connectivity index (χ1) is 16.3. The number of hydrogen-bond acceptors (Lipinski definition) is 5. The van der Waals surface area contributed by atoms with Crippen molar-refractivity contribution in [2.45, 2.75) is 39.7 Å². The minimum atomic E-state index is -0.509. The first kappa shape index (κ1) is 22.0. The van der Waals surface area contributed by atoms with Crippen molar-refractivity contribution in [2.75, 3.05) is 22.1 Å². The van der Waals surface area contributed by atoms with Crippen molar-refractivity contribution >= 4 is 28.8 Å². The van der Waals surface area contributed by atoms with Crippen LogP contribution in [0.1, 0.15) is 44.3 Å². The SMILES string of the molecule is Cc1ccc([C@@H]2C3=C(CC(C)(C)CC3=O)Nc3ccccc3N2CC(=O)Nc2ccccc2)o1. The fourth-order valence-electron chi connectivity index (χ4n) is 5.00. The Morgan fingerprint density at radius 2 is 1.79 bits per heavy atom. The number of para-hydroxylation sites is 3. The van der Waals surface area contributed by atoms with Gasteiger partial charge in [0.2, 0.25) is 5.91 Å². The minimum absolute atomic E-state index is 0.0610. The highest BCUT2D eigenvalue weighted by Crippen LogP contribution is 2.48. The first-order valence-electron chi connectivity index (χ1n) is 11.6. The second-order valence-corrected chi connectivity index (χ2v) is 9.87. The number of Topliss-reactive ketones (excluding diaryl/α,β-unsaturated/α-hetero) is 1. The average Bonchev–Trinajstić information content (AvgIpc) is 3.15. The van der Waals surface area contributed by atoms with Gasteiger partial charge in [-0.15, -0.1) is 0 Å². The lowest BCUT2D eigenvalue weighted by Crippen LogP contribution is -2.40. The number of anilines is 3. The lowest BCUT2D eigenvalue weighted by Gasteiger charge is -2.36. The minimum Gasteiger partial charge on any atom is -0.464 e. The second kappa shape index (κ2) is 8.52. The highest BCUT2D eigenvalue weighted by atomic mass is 16.3. The Labute approximate surface area is 199 Å². The van der Waals surface area contributed by atoms with Crippen LogP contribution in [0.5, 0.6) is 0 Å². The predicted octanol–water partition coefficient (Wildman–Crippen LogP) is 5.84. The molecule has 1 aliphatic carbocycles. The maximum Gasteiger partial charge on any atom is 0.243 e. The molecule has 34 heavy (non-hydrogen) atoms. The summed E-state index contributed by atoms with van der Waals surface area (Å²) in [5, 5.41) is 6.53. The molecule has 0 unspecified atom stereocenters. The summed E-state index contributed by atoms with van der Waals surface area (Å²) in [5.74, 6) is 1.34. The van der Waals surface area contributed by atoms with Gasteiger partial charge in [0.15, 0.2) is 5.78 Å². The molecule has 2 N–H and O–H groups in total.